The number of sulfonamides is 1. The van der Waals surface area contributed by atoms with E-state index in [4.69, 9.17) is 4.74 Å². The maximum Gasteiger partial charge on any atom is 0.252 e. The number of hydrogen-bond acceptors (Lipinski definition) is 7. The molecule has 3 aromatic carbocycles. The number of amides is 2. The van der Waals surface area contributed by atoms with Gasteiger partial charge in [0.2, 0.25) is 15.9 Å². The lowest BCUT2D eigenvalue weighted by atomic mass is 9.94. The molecule has 2 heterocycles. The normalized spacial score (nSPS) is 19.0. The molecule has 1 N–H and O–H groups in total. The summed E-state index contributed by atoms with van der Waals surface area (Å²) in [6, 6.07) is 18.9. The highest BCUT2D eigenvalue weighted by Crippen LogP contribution is 2.34. The molecule has 12 heteroatoms. The van der Waals surface area contributed by atoms with Gasteiger partial charge in [0.1, 0.15) is 23.3 Å². The predicted molar refractivity (Wildman–Crippen MR) is 184 cm³/mol. The Morgan fingerprint density at radius 2 is 1.65 bits per heavy atom. The molecule has 0 radical (unpaired) electrons. The molecular weight excluding hydrogens is 628 g/mol. The zero-order valence-electron chi connectivity index (χ0n) is 27.8. The maximum absolute atomic E-state index is 14.8. The summed E-state index contributed by atoms with van der Waals surface area (Å²) in [6.07, 6.45) is 6.75. The van der Waals surface area contributed by atoms with Crippen molar-refractivity contribution in [1.29, 1.82) is 0 Å². The third kappa shape index (κ3) is 6.95. The molecule has 1 aromatic heterocycles. The number of benzene rings is 3. The lowest BCUT2D eigenvalue weighted by molar-refractivity contribution is -0.128. The number of para-hydroxylation sites is 1. The van der Waals surface area contributed by atoms with Crippen LogP contribution in [-0.2, 0) is 19.6 Å². The first-order valence-corrected chi connectivity index (χ1v) is 18.3. The van der Waals surface area contributed by atoms with Crippen molar-refractivity contribution in [3.05, 3.63) is 78.4 Å². The molecule has 254 valence electrons. The van der Waals surface area contributed by atoms with Crippen LogP contribution in [0.3, 0.4) is 0 Å². The molecule has 2 aliphatic rings. The van der Waals surface area contributed by atoms with E-state index in [9.17, 15) is 18.0 Å². The minimum atomic E-state index is -3.74. The van der Waals surface area contributed by atoms with E-state index in [1.807, 2.05) is 24.3 Å². The SMILES string of the molecule is COc1ccc([C@@H](C(=O)NC2CCCCC2)N(C(=O)[C@@H](C)n2nnc3ccccc32)c2ccc(S(=O)(=O)N3CCC[C@H](C)C3)cc2)cc1. The maximum atomic E-state index is 14.8. The van der Waals surface area contributed by atoms with Gasteiger partial charge in [0, 0.05) is 24.8 Å². The second-order valence-electron chi connectivity index (χ2n) is 13.0. The van der Waals surface area contributed by atoms with Crippen LogP contribution < -0.4 is 15.0 Å². The van der Waals surface area contributed by atoms with Crippen LogP contribution >= 0.6 is 0 Å². The Hall–Kier alpha value is -4.29. The average molecular weight is 673 g/mol. The summed E-state index contributed by atoms with van der Waals surface area (Å²) < 4.78 is 35.8. The monoisotopic (exact) mass is 672 g/mol. The van der Waals surface area contributed by atoms with Crippen LogP contribution in [0.2, 0.25) is 0 Å². The molecule has 11 nitrogen and oxygen atoms in total. The number of methoxy groups -OCH3 is 1. The summed E-state index contributed by atoms with van der Waals surface area (Å²) in [6.45, 7) is 4.74. The number of nitrogens with zero attached hydrogens (tertiary/aromatic N) is 5. The summed E-state index contributed by atoms with van der Waals surface area (Å²) in [5, 5.41) is 11.8. The highest BCUT2D eigenvalue weighted by atomic mass is 32.2. The summed E-state index contributed by atoms with van der Waals surface area (Å²) in [5.41, 5.74) is 2.31. The van der Waals surface area contributed by atoms with Crippen molar-refractivity contribution in [2.45, 2.75) is 81.8 Å². The number of hydrogen-bond donors (Lipinski definition) is 1. The fourth-order valence-corrected chi connectivity index (χ4v) is 8.50. The molecular formula is C36H44N6O5S. The highest BCUT2D eigenvalue weighted by Gasteiger charge is 2.38. The number of aromatic nitrogens is 3. The first-order valence-electron chi connectivity index (χ1n) is 16.8. The Morgan fingerprint density at radius 1 is 0.938 bits per heavy atom. The topological polar surface area (TPSA) is 127 Å². The van der Waals surface area contributed by atoms with Gasteiger partial charge in [-0.3, -0.25) is 14.5 Å². The van der Waals surface area contributed by atoms with Gasteiger partial charge < -0.3 is 10.1 Å². The Morgan fingerprint density at radius 3 is 2.33 bits per heavy atom. The Labute approximate surface area is 282 Å². The van der Waals surface area contributed by atoms with Gasteiger partial charge in [-0.05, 0) is 92.6 Å². The molecule has 0 unspecified atom stereocenters. The molecule has 1 aliphatic carbocycles. The largest absolute Gasteiger partial charge is 0.497 e. The van der Waals surface area contributed by atoms with Crippen LogP contribution in [0, 0.1) is 5.92 Å². The molecule has 48 heavy (non-hydrogen) atoms. The van der Waals surface area contributed by atoms with Gasteiger partial charge in [-0.2, -0.15) is 4.31 Å². The standard InChI is InChI=1S/C36H44N6O5S/c1-25-10-9-23-40(24-25)48(45,46)31-21-17-29(18-22-31)41(36(44)26(2)42-33-14-8-7-13-32(33)38-39-42)34(27-15-19-30(47-3)20-16-27)35(43)37-28-11-5-4-6-12-28/h7-8,13-22,25-26,28,34H,4-6,9-12,23-24H2,1-3H3,(H,37,43)/t25-,26+,34-/m0/s1. The van der Waals surface area contributed by atoms with Crippen molar-refractivity contribution >= 4 is 38.6 Å². The Bertz CT molecular complexity index is 1840. The number of piperidine rings is 1. The van der Waals surface area contributed by atoms with E-state index in [0.717, 1.165) is 44.9 Å². The number of carbonyl (C=O) groups is 2. The van der Waals surface area contributed by atoms with Crippen LogP contribution in [0.25, 0.3) is 11.0 Å². The minimum Gasteiger partial charge on any atom is -0.497 e. The summed E-state index contributed by atoms with van der Waals surface area (Å²) in [4.78, 5) is 30.8. The quantitative estimate of drug-likeness (QED) is 0.231. The number of ether oxygens (including phenoxy) is 1. The molecule has 1 aliphatic heterocycles. The zero-order chi connectivity index (χ0) is 33.8. The van der Waals surface area contributed by atoms with E-state index in [-0.39, 0.29) is 22.8 Å². The summed E-state index contributed by atoms with van der Waals surface area (Å²) in [5.74, 6) is 0.191. The van der Waals surface area contributed by atoms with Gasteiger partial charge in [0.05, 0.1) is 17.5 Å². The van der Waals surface area contributed by atoms with Gasteiger partial charge >= 0.3 is 0 Å². The Balaban J connectivity index is 1.43. The van der Waals surface area contributed by atoms with Gasteiger partial charge in [-0.1, -0.05) is 55.7 Å². The third-order valence-corrected chi connectivity index (χ3v) is 11.5. The van der Waals surface area contributed by atoms with Gasteiger partial charge in [0.15, 0.2) is 0 Å². The van der Waals surface area contributed by atoms with E-state index < -0.39 is 28.0 Å². The lowest BCUT2D eigenvalue weighted by Gasteiger charge is -2.35. The number of rotatable bonds is 10. The molecule has 0 bridgehead atoms. The van der Waals surface area contributed by atoms with E-state index in [1.54, 1.807) is 55.1 Å². The second kappa shape index (κ2) is 14.4. The predicted octanol–water partition coefficient (Wildman–Crippen LogP) is 5.64. The molecule has 1 saturated heterocycles. The molecule has 2 fully saturated rings. The van der Waals surface area contributed by atoms with E-state index in [0.29, 0.717) is 41.1 Å². The van der Waals surface area contributed by atoms with Gasteiger partial charge in [-0.15, -0.1) is 5.10 Å². The minimum absolute atomic E-state index is 0.0000799. The Kier molecular flexibility index (Phi) is 10.1. The molecule has 0 spiro atoms. The van der Waals surface area contributed by atoms with Crippen molar-refractivity contribution < 1.29 is 22.7 Å². The smallest absolute Gasteiger partial charge is 0.252 e. The fourth-order valence-electron chi connectivity index (χ4n) is 6.91. The number of fused-ring (bicyclic) bond motifs is 1. The highest BCUT2D eigenvalue weighted by molar-refractivity contribution is 7.89. The number of nitrogens with one attached hydrogen (secondary N) is 1. The summed E-state index contributed by atoms with van der Waals surface area (Å²) in [7, 11) is -2.16. The van der Waals surface area contributed by atoms with Crippen molar-refractivity contribution in [2.24, 2.45) is 5.92 Å². The van der Waals surface area contributed by atoms with Gasteiger partial charge in [-0.25, -0.2) is 13.1 Å². The van der Waals surface area contributed by atoms with E-state index >= 15 is 0 Å². The van der Waals surface area contributed by atoms with Crippen LogP contribution in [0.4, 0.5) is 5.69 Å². The van der Waals surface area contributed by atoms with Crippen molar-refractivity contribution in [3.63, 3.8) is 0 Å². The van der Waals surface area contributed by atoms with Crippen molar-refractivity contribution in [3.8, 4) is 5.75 Å². The molecule has 4 aromatic rings. The van der Waals surface area contributed by atoms with Crippen LogP contribution in [0.1, 0.15) is 76.4 Å². The van der Waals surface area contributed by atoms with Crippen LogP contribution in [0.5, 0.6) is 5.75 Å². The molecule has 3 atom stereocenters. The summed E-state index contributed by atoms with van der Waals surface area (Å²) >= 11 is 0. The number of anilines is 1. The van der Waals surface area contributed by atoms with Crippen LogP contribution in [0.15, 0.2) is 77.7 Å². The van der Waals surface area contributed by atoms with Crippen molar-refractivity contribution in [1.82, 2.24) is 24.6 Å². The van der Waals surface area contributed by atoms with Gasteiger partial charge in [0.25, 0.3) is 5.91 Å². The average Bonchev–Trinajstić information content (AvgIpc) is 3.55. The molecule has 1 saturated carbocycles. The number of carbonyl (C=O) groups excluding carboxylic acids is 2. The molecule has 6 rings (SSSR count). The lowest BCUT2D eigenvalue weighted by Crippen LogP contribution is -2.49. The van der Waals surface area contributed by atoms with E-state index in [1.165, 1.54) is 21.3 Å². The molecule has 2 amide bonds. The first-order chi connectivity index (χ1) is 23.2. The fraction of sp³-hybridized carbons (Fsp3) is 0.444. The van der Waals surface area contributed by atoms with E-state index in [2.05, 4.69) is 22.6 Å². The zero-order valence-corrected chi connectivity index (χ0v) is 28.6. The van der Waals surface area contributed by atoms with Crippen LogP contribution in [-0.4, -0.2) is 65.8 Å². The van der Waals surface area contributed by atoms with Crippen molar-refractivity contribution in [2.75, 3.05) is 25.1 Å². The third-order valence-electron chi connectivity index (χ3n) is 9.60. The second-order valence-corrected chi connectivity index (χ2v) is 15.0. The first kappa shape index (κ1) is 33.6.